The fourth-order valence-corrected chi connectivity index (χ4v) is 1.90. The van der Waals surface area contributed by atoms with Gasteiger partial charge in [0.25, 0.3) is 0 Å². The number of hydrogen-bond donors (Lipinski definition) is 0. The fourth-order valence-electron chi connectivity index (χ4n) is 1.90. The molecule has 21 heavy (non-hydrogen) atoms. The van der Waals surface area contributed by atoms with Gasteiger partial charge >= 0.3 is 0 Å². The number of ether oxygens (including phenoxy) is 2. The first kappa shape index (κ1) is 20.4. The molecule has 0 fully saturated rings. The van der Waals surface area contributed by atoms with Crippen LogP contribution in [0, 0.1) is 5.41 Å². The van der Waals surface area contributed by atoms with Gasteiger partial charge in [-0.1, -0.05) is 58.9 Å². The molecule has 0 aliphatic rings. The van der Waals surface area contributed by atoms with Crippen LogP contribution in [0.25, 0.3) is 0 Å². The van der Waals surface area contributed by atoms with Gasteiger partial charge in [0.1, 0.15) is 0 Å². The van der Waals surface area contributed by atoms with Gasteiger partial charge in [-0.25, -0.2) is 0 Å². The summed E-state index contributed by atoms with van der Waals surface area (Å²) in [6.07, 6.45) is 15.3. The molecule has 0 amide bonds. The zero-order chi connectivity index (χ0) is 16.0. The Bertz CT molecular complexity index is 252. The van der Waals surface area contributed by atoms with Crippen molar-refractivity contribution in [3.8, 4) is 0 Å². The lowest BCUT2D eigenvalue weighted by Gasteiger charge is -2.30. The maximum Gasteiger partial charge on any atom is 0.162 e. The van der Waals surface area contributed by atoms with E-state index in [0.717, 1.165) is 51.7 Å². The predicted molar refractivity (Wildman–Crippen MR) is 92.5 cm³/mol. The molecule has 0 N–H and O–H groups in total. The first-order chi connectivity index (χ1) is 10.0. The third kappa shape index (κ3) is 12.8. The van der Waals surface area contributed by atoms with E-state index in [-0.39, 0.29) is 11.7 Å². The van der Waals surface area contributed by atoms with Crippen molar-refractivity contribution in [2.24, 2.45) is 5.41 Å². The lowest BCUT2D eigenvalue weighted by molar-refractivity contribution is -0.194. The highest BCUT2D eigenvalue weighted by molar-refractivity contribution is 4.80. The molecular weight excluding hydrogens is 260 g/mol. The monoisotopic (exact) mass is 296 g/mol. The van der Waals surface area contributed by atoms with Crippen LogP contribution < -0.4 is 0 Å². The quantitative estimate of drug-likeness (QED) is 0.254. The molecule has 0 aromatic rings. The zero-order valence-corrected chi connectivity index (χ0v) is 14.9. The standard InChI is InChI=1S/C19H36O2/c1-6-8-10-12-14-16-20-18(19(3,4)5)21-17-15-13-11-9-7-2/h8-11,18H,6-7,12-17H2,1-5H3/b10-8-,11-9-. The SMILES string of the molecule is CC/C=C\CCCOC(OCCC/C=C\CC)C(C)(C)C. The van der Waals surface area contributed by atoms with E-state index in [2.05, 4.69) is 58.9 Å². The minimum absolute atomic E-state index is 0.0263. The molecule has 0 aliphatic carbocycles. The maximum absolute atomic E-state index is 5.94. The number of unbranched alkanes of at least 4 members (excludes halogenated alkanes) is 2. The highest BCUT2D eigenvalue weighted by Gasteiger charge is 2.25. The first-order valence-electron chi connectivity index (χ1n) is 8.55. The van der Waals surface area contributed by atoms with Crippen LogP contribution in [0.4, 0.5) is 0 Å². The Morgan fingerprint density at radius 3 is 1.52 bits per heavy atom. The summed E-state index contributed by atoms with van der Waals surface area (Å²) in [5.74, 6) is 0. The summed E-state index contributed by atoms with van der Waals surface area (Å²) in [4.78, 5) is 0. The van der Waals surface area contributed by atoms with E-state index in [4.69, 9.17) is 9.47 Å². The summed E-state index contributed by atoms with van der Waals surface area (Å²) in [7, 11) is 0. The van der Waals surface area contributed by atoms with Crippen molar-refractivity contribution in [3.05, 3.63) is 24.3 Å². The van der Waals surface area contributed by atoms with Crippen LogP contribution in [0.2, 0.25) is 0 Å². The Morgan fingerprint density at radius 2 is 1.19 bits per heavy atom. The second-order valence-corrected chi connectivity index (χ2v) is 6.48. The molecule has 0 atom stereocenters. The van der Waals surface area contributed by atoms with Crippen molar-refractivity contribution < 1.29 is 9.47 Å². The molecule has 0 bridgehead atoms. The molecule has 0 aromatic carbocycles. The third-order valence-corrected chi connectivity index (χ3v) is 3.08. The number of hydrogen-bond acceptors (Lipinski definition) is 2. The minimum Gasteiger partial charge on any atom is -0.352 e. The molecule has 0 unspecified atom stereocenters. The van der Waals surface area contributed by atoms with Crippen LogP contribution >= 0.6 is 0 Å². The fraction of sp³-hybridized carbons (Fsp3) is 0.789. The Balaban J connectivity index is 3.88. The van der Waals surface area contributed by atoms with Gasteiger partial charge in [0.2, 0.25) is 0 Å². The number of allylic oxidation sites excluding steroid dienone is 4. The largest absolute Gasteiger partial charge is 0.352 e. The topological polar surface area (TPSA) is 18.5 Å². The van der Waals surface area contributed by atoms with Crippen LogP contribution in [0.15, 0.2) is 24.3 Å². The minimum atomic E-state index is -0.109. The van der Waals surface area contributed by atoms with Gasteiger partial charge in [0.15, 0.2) is 6.29 Å². The van der Waals surface area contributed by atoms with Crippen molar-refractivity contribution in [1.82, 2.24) is 0 Å². The van der Waals surface area contributed by atoms with Gasteiger partial charge in [-0.15, -0.1) is 0 Å². The average molecular weight is 296 g/mol. The van der Waals surface area contributed by atoms with E-state index in [1.165, 1.54) is 0 Å². The van der Waals surface area contributed by atoms with Crippen LogP contribution in [0.5, 0.6) is 0 Å². The summed E-state index contributed by atoms with van der Waals surface area (Å²) in [6.45, 7) is 12.4. The lowest BCUT2D eigenvalue weighted by Crippen LogP contribution is -2.32. The van der Waals surface area contributed by atoms with Crippen LogP contribution in [-0.4, -0.2) is 19.5 Å². The Labute approximate surface area is 132 Å². The molecule has 0 heterocycles. The summed E-state index contributed by atoms with van der Waals surface area (Å²) in [6, 6.07) is 0. The molecular formula is C19H36O2. The second-order valence-electron chi connectivity index (χ2n) is 6.48. The van der Waals surface area contributed by atoms with Gasteiger partial charge in [0, 0.05) is 5.41 Å². The number of rotatable bonds is 12. The molecule has 0 aliphatic heterocycles. The Hall–Kier alpha value is -0.600. The third-order valence-electron chi connectivity index (χ3n) is 3.08. The molecule has 124 valence electrons. The summed E-state index contributed by atoms with van der Waals surface area (Å²) in [5, 5.41) is 0. The molecule has 0 radical (unpaired) electrons. The van der Waals surface area contributed by atoms with E-state index in [9.17, 15) is 0 Å². The average Bonchev–Trinajstić information content (AvgIpc) is 2.42. The Morgan fingerprint density at radius 1 is 0.762 bits per heavy atom. The maximum atomic E-state index is 5.94. The normalized spacial score (nSPS) is 13.0. The van der Waals surface area contributed by atoms with Crippen LogP contribution in [0.1, 0.15) is 73.1 Å². The molecule has 2 nitrogen and oxygen atoms in total. The van der Waals surface area contributed by atoms with Crippen molar-refractivity contribution >= 4 is 0 Å². The van der Waals surface area contributed by atoms with Crippen molar-refractivity contribution in [3.63, 3.8) is 0 Å². The molecule has 0 spiro atoms. The van der Waals surface area contributed by atoms with Crippen molar-refractivity contribution in [2.45, 2.75) is 79.4 Å². The highest BCUT2D eigenvalue weighted by atomic mass is 16.7. The van der Waals surface area contributed by atoms with Crippen molar-refractivity contribution in [2.75, 3.05) is 13.2 Å². The summed E-state index contributed by atoms with van der Waals surface area (Å²) < 4.78 is 11.9. The lowest BCUT2D eigenvalue weighted by atomic mass is 9.96. The van der Waals surface area contributed by atoms with Crippen LogP contribution in [-0.2, 0) is 9.47 Å². The van der Waals surface area contributed by atoms with E-state index in [1.54, 1.807) is 0 Å². The molecule has 2 heteroatoms. The summed E-state index contributed by atoms with van der Waals surface area (Å²) in [5.41, 5.74) is 0.0263. The van der Waals surface area contributed by atoms with Gasteiger partial charge in [-0.3, -0.25) is 0 Å². The second kappa shape index (κ2) is 13.1. The van der Waals surface area contributed by atoms with E-state index in [1.807, 2.05) is 0 Å². The van der Waals surface area contributed by atoms with Crippen LogP contribution in [0.3, 0.4) is 0 Å². The first-order valence-corrected chi connectivity index (χ1v) is 8.55. The summed E-state index contributed by atoms with van der Waals surface area (Å²) >= 11 is 0. The van der Waals surface area contributed by atoms with Gasteiger partial charge in [-0.2, -0.15) is 0 Å². The molecule has 0 saturated heterocycles. The smallest absolute Gasteiger partial charge is 0.162 e. The van der Waals surface area contributed by atoms with E-state index < -0.39 is 0 Å². The van der Waals surface area contributed by atoms with Gasteiger partial charge < -0.3 is 9.47 Å². The zero-order valence-electron chi connectivity index (χ0n) is 14.9. The molecule has 0 saturated carbocycles. The molecule has 0 rings (SSSR count). The van der Waals surface area contributed by atoms with Gasteiger partial charge in [0.05, 0.1) is 13.2 Å². The van der Waals surface area contributed by atoms with Gasteiger partial charge in [-0.05, 0) is 38.5 Å². The van der Waals surface area contributed by atoms with E-state index in [0.29, 0.717) is 0 Å². The molecule has 0 aromatic heterocycles. The predicted octanol–water partition coefficient (Wildman–Crippen LogP) is 5.88. The Kier molecular flexibility index (Phi) is 12.7. The van der Waals surface area contributed by atoms with E-state index >= 15 is 0 Å². The van der Waals surface area contributed by atoms with Crippen molar-refractivity contribution in [1.29, 1.82) is 0 Å². The highest BCUT2D eigenvalue weighted by Crippen LogP contribution is 2.24.